The van der Waals surface area contributed by atoms with Gasteiger partial charge in [-0.15, -0.1) is 12.4 Å². The molecule has 3 rings (SSSR count). The van der Waals surface area contributed by atoms with E-state index in [2.05, 4.69) is 10.1 Å². The van der Waals surface area contributed by atoms with Crippen molar-refractivity contribution in [3.05, 3.63) is 47.7 Å². The van der Waals surface area contributed by atoms with E-state index >= 15 is 0 Å². The van der Waals surface area contributed by atoms with Crippen molar-refractivity contribution in [2.24, 2.45) is 0 Å². The van der Waals surface area contributed by atoms with E-state index in [9.17, 15) is 32.3 Å². The lowest BCUT2D eigenvalue weighted by Gasteiger charge is -2.13. The molecule has 0 aliphatic heterocycles. The molecule has 0 saturated carbocycles. The molecule has 0 radical (unpaired) electrons. The Hall–Kier alpha value is -3.41. The van der Waals surface area contributed by atoms with E-state index in [1.165, 1.54) is 0 Å². The molecule has 0 atom stereocenters. The Bertz CT molecular complexity index is 1100. The van der Waals surface area contributed by atoms with Gasteiger partial charge in [-0.25, -0.2) is 13.9 Å². The summed E-state index contributed by atoms with van der Waals surface area (Å²) in [4.78, 5) is 26.6. The molecule has 0 spiro atoms. The third-order valence-electron chi connectivity index (χ3n) is 3.68. The minimum absolute atomic E-state index is 0. The van der Waals surface area contributed by atoms with Crippen molar-refractivity contribution in [2.75, 3.05) is 6.54 Å². The zero-order valence-corrected chi connectivity index (χ0v) is 14.9. The summed E-state index contributed by atoms with van der Waals surface area (Å²) in [5, 5.41) is 24.6. The number of halogens is 5. The first-order valence-corrected chi connectivity index (χ1v) is 7.52. The lowest BCUT2D eigenvalue weighted by Crippen LogP contribution is -2.31. The minimum atomic E-state index is -4.81. The van der Waals surface area contributed by atoms with Gasteiger partial charge in [-0.2, -0.15) is 18.3 Å². The number of carbonyl (C=O) groups is 2. The quantitative estimate of drug-likeness (QED) is 0.543. The Morgan fingerprint density at radius 3 is 2.48 bits per heavy atom. The zero-order valence-electron chi connectivity index (χ0n) is 14.1. The highest BCUT2D eigenvalue weighted by Gasteiger charge is 2.32. The number of benzene rings is 1. The Kier molecular flexibility index (Phi) is 5.97. The predicted molar refractivity (Wildman–Crippen MR) is 92.3 cm³/mol. The number of carboxylic acid groups (broad SMARTS) is 1. The van der Waals surface area contributed by atoms with Crippen molar-refractivity contribution in [1.29, 1.82) is 0 Å². The van der Waals surface area contributed by atoms with Crippen molar-refractivity contribution in [3.63, 3.8) is 0 Å². The summed E-state index contributed by atoms with van der Waals surface area (Å²) in [6, 6.07) is 2.71. The topological polar surface area (TPSA) is 117 Å². The molecule has 29 heavy (non-hydrogen) atoms. The van der Waals surface area contributed by atoms with Crippen LogP contribution in [0.15, 0.2) is 30.6 Å². The third-order valence-corrected chi connectivity index (χ3v) is 3.68. The van der Waals surface area contributed by atoms with Crippen molar-refractivity contribution >= 4 is 29.9 Å². The number of aromatic hydroxyl groups is 1. The highest BCUT2D eigenvalue weighted by Crippen LogP contribution is 2.35. The first-order chi connectivity index (χ1) is 13.1. The number of nitrogens with zero attached hydrogens (tertiary/aromatic N) is 3. The second-order valence-corrected chi connectivity index (χ2v) is 5.59. The van der Waals surface area contributed by atoms with Crippen LogP contribution in [0.4, 0.5) is 17.6 Å². The maximum Gasteiger partial charge on any atom is 0.416 e. The fourth-order valence-corrected chi connectivity index (χ4v) is 2.54. The van der Waals surface area contributed by atoms with Crippen molar-refractivity contribution in [3.8, 4) is 16.9 Å². The van der Waals surface area contributed by atoms with Gasteiger partial charge in [0.15, 0.2) is 11.3 Å². The van der Waals surface area contributed by atoms with Gasteiger partial charge in [0.25, 0.3) is 5.91 Å². The number of pyridine rings is 1. The zero-order chi connectivity index (χ0) is 20.6. The van der Waals surface area contributed by atoms with E-state index in [1.54, 1.807) is 0 Å². The van der Waals surface area contributed by atoms with Crippen LogP contribution in [0.2, 0.25) is 0 Å². The van der Waals surface area contributed by atoms with Crippen LogP contribution in [0.3, 0.4) is 0 Å². The second kappa shape index (κ2) is 7.91. The van der Waals surface area contributed by atoms with Crippen LogP contribution < -0.4 is 5.32 Å². The fourth-order valence-electron chi connectivity index (χ4n) is 2.54. The molecule has 0 aliphatic carbocycles. The van der Waals surface area contributed by atoms with E-state index < -0.39 is 47.4 Å². The lowest BCUT2D eigenvalue weighted by molar-refractivity contribution is -0.138. The van der Waals surface area contributed by atoms with Crippen molar-refractivity contribution in [2.45, 2.75) is 6.18 Å². The number of hydrogen-bond donors (Lipinski definition) is 3. The molecule has 13 heteroatoms. The molecule has 1 aromatic carbocycles. The van der Waals surface area contributed by atoms with Crippen LogP contribution in [0.1, 0.15) is 16.1 Å². The van der Waals surface area contributed by atoms with Crippen LogP contribution in [-0.4, -0.2) is 43.2 Å². The largest absolute Gasteiger partial charge is 0.505 e. The van der Waals surface area contributed by atoms with Crippen LogP contribution in [-0.2, 0) is 11.0 Å². The smallest absolute Gasteiger partial charge is 0.416 e. The number of hydrogen-bond acceptors (Lipinski definition) is 5. The lowest BCUT2D eigenvalue weighted by atomic mass is 10.0. The molecule has 0 bridgehead atoms. The van der Waals surface area contributed by atoms with Gasteiger partial charge in [0.05, 0.1) is 5.56 Å². The van der Waals surface area contributed by atoms with Crippen LogP contribution in [0.5, 0.6) is 5.75 Å². The van der Waals surface area contributed by atoms with Crippen molar-refractivity contribution in [1.82, 2.24) is 19.9 Å². The summed E-state index contributed by atoms with van der Waals surface area (Å²) >= 11 is 0. The van der Waals surface area contributed by atoms with Crippen LogP contribution >= 0.6 is 12.4 Å². The molecule has 0 fully saturated rings. The number of aromatic nitrogens is 3. The standard InChI is InChI=1S/C16H10F4N4O4.ClH/c17-9-2-7(1-8(3-9)16(18,19)20)10-4-11(25)13(15(28)21-5-12(26)27)24-14(10)22-6-23-24;/h1-4,6,25H,5H2,(H,21,28)(H,26,27);1H. The van der Waals surface area contributed by atoms with E-state index in [-0.39, 0.29) is 29.2 Å². The number of carboxylic acids is 1. The number of aliphatic carboxylic acids is 1. The minimum Gasteiger partial charge on any atom is -0.505 e. The number of nitrogens with one attached hydrogen (secondary N) is 1. The molecule has 8 nitrogen and oxygen atoms in total. The first-order valence-electron chi connectivity index (χ1n) is 7.52. The Labute approximate surface area is 165 Å². The van der Waals surface area contributed by atoms with E-state index in [0.29, 0.717) is 12.1 Å². The number of alkyl halides is 3. The molecule has 0 saturated heterocycles. The first kappa shape index (κ1) is 21.9. The molecule has 154 valence electrons. The average molecular weight is 435 g/mol. The molecule has 3 N–H and O–H groups in total. The Balaban J connectivity index is 0.00000300. The van der Waals surface area contributed by atoms with Crippen LogP contribution in [0.25, 0.3) is 16.8 Å². The van der Waals surface area contributed by atoms with Gasteiger partial charge in [-0.05, 0) is 29.8 Å². The number of rotatable bonds is 4. The van der Waals surface area contributed by atoms with E-state index in [4.69, 9.17) is 5.11 Å². The van der Waals surface area contributed by atoms with Gasteiger partial charge in [-0.1, -0.05) is 0 Å². The molecule has 2 aromatic heterocycles. The molecule has 1 amide bonds. The van der Waals surface area contributed by atoms with Gasteiger partial charge >= 0.3 is 12.1 Å². The fraction of sp³-hybridized carbons (Fsp3) is 0.125. The molecule has 2 heterocycles. The van der Waals surface area contributed by atoms with Gasteiger partial charge < -0.3 is 15.5 Å². The highest BCUT2D eigenvalue weighted by atomic mass is 35.5. The maximum atomic E-state index is 13.7. The summed E-state index contributed by atoms with van der Waals surface area (Å²) in [7, 11) is 0. The van der Waals surface area contributed by atoms with Crippen molar-refractivity contribution < 1.29 is 37.4 Å². The maximum absolute atomic E-state index is 13.7. The molecular formula is C16H11ClF4N4O4. The molecule has 3 aromatic rings. The average Bonchev–Trinajstić information content (AvgIpc) is 3.06. The summed E-state index contributed by atoms with van der Waals surface area (Å²) in [5.74, 6) is -4.21. The monoisotopic (exact) mass is 434 g/mol. The number of carbonyl (C=O) groups excluding carboxylic acids is 1. The van der Waals surface area contributed by atoms with Gasteiger partial charge in [0.2, 0.25) is 0 Å². The molecule has 0 unspecified atom stereocenters. The summed E-state index contributed by atoms with van der Waals surface area (Å²) in [5.41, 5.74) is -2.24. The second-order valence-electron chi connectivity index (χ2n) is 5.59. The summed E-state index contributed by atoms with van der Waals surface area (Å²) < 4.78 is 53.4. The molecular weight excluding hydrogens is 424 g/mol. The SMILES string of the molecule is Cl.O=C(O)CNC(=O)c1c(O)cc(-c2cc(F)cc(C(F)(F)F)c2)c2ncnn12. The van der Waals surface area contributed by atoms with Gasteiger partial charge in [-0.3, -0.25) is 9.59 Å². The van der Waals surface area contributed by atoms with Gasteiger partial charge in [0.1, 0.15) is 24.4 Å². The molecule has 0 aliphatic rings. The van der Waals surface area contributed by atoms with E-state index in [1.807, 2.05) is 5.32 Å². The summed E-state index contributed by atoms with van der Waals surface area (Å²) in [6.45, 7) is -0.741. The van der Waals surface area contributed by atoms with E-state index in [0.717, 1.165) is 23.0 Å². The highest BCUT2D eigenvalue weighted by molar-refractivity contribution is 5.98. The number of amides is 1. The van der Waals surface area contributed by atoms with Gasteiger partial charge in [0, 0.05) is 5.56 Å². The third kappa shape index (κ3) is 4.37. The summed E-state index contributed by atoms with van der Waals surface area (Å²) in [6.07, 6.45) is -3.84. The number of fused-ring (bicyclic) bond motifs is 1. The Morgan fingerprint density at radius 2 is 1.86 bits per heavy atom. The normalized spacial score (nSPS) is 11.2. The van der Waals surface area contributed by atoms with Crippen LogP contribution in [0, 0.1) is 5.82 Å². The Morgan fingerprint density at radius 1 is 1.17 bits per heavy atom. The predicted octanol–water partition coefficient (Wildman–Crippen LogP) is 2.50.